The van der Waals surface area contributed by atoms with Gasteiger partial charge in [-0.3, -0.25) is 28.2 Å². The van der Waals surface area contributed by atoms with E-state index in [0.29, 0.717) is 0 Å². The minimum atomic E-state index is 0. The zero-order valence-electron chi connectivity index (χ0n) is 5.32. The van der Waals surface area contributed by atoms with E-state index in [9.17, 15) is 0 Å². The molecule has 0 spiro atoms. The minimum absolute atomic E-state index is 0. The Hall–Kier alpha value is 0.269. The SMILES string of the molecule is F.F.F.F.F.F.[OH3+].[OH3+].[O]=[V].[O]=[V]. The van der Waals surface area contributed by atoms with Gasteiger partial charge in [0.25, 0.3) is 0 Å². The first-order valence-corrected chi connectivity index (χ1v) is 1.51. The topological polar surface area (TPSA) is 100 Å². The van der Waals surface area contributed by atoms with Gasteiger partial charge in [0.2, 0.25) is 0 Å². The molecule has 0 rings (SSSR count). The van der Waals surface area contributed by atoms with Gasteiger partial charge in [0.15, 0.2) is 0 Å². The van der Waals surface area contributed by atoms with Crippen LogP contribution in [0.25, 0.3) is 0 Å². The van der Waals surface area contributed by atoms with Crippen LogP contribution in [-0.2, 0) is 53.0 Å². The average Bonchev–Trinajstić information content (AvgIpc) is 1.50. The van der Waals surface area contributed by atoms with Crippen molar-refractivity contribution in [1.82, 2.24) is 0 Å². The fourth-order valence-electron chi connectivity index (χ4n) is 0. The third kappa shape index (κ3) is 12200. The van der Waals surface area contributed by atoms with Gasteiger partial charge in [0.1, 0.15) is 0 Å². The summed E-state index contributed by atoms with van der Waals surface area (Å²) in [6, 6.07) is 0. The third-order valence-corrected chi connectivity index (χ3v) is 0. The van der Waals surface area contributed by atoms with E-state index in [1.165, 1.54) is 0 Å². The van der Waals surface area contributed by atoms with E-state index < -0.39 is 0 Å². The van der Waals surface area contributed by atoms with Gasteiger partial charge < -0.3 is 11.0 Å². The predicted octanol–water partition coefficient (Wildman–Crippen LogP) is -1.17. The number of hydrogen-bond donors (Lipinski definition) is 0. The summed E-state index contributed by atoms with van der Waals surface area (Å²) in [5, 5.41) is 0. The summed E-state index contributed by atoms with van der Waals surface area (Å²) in [5.41, 5.74) is 0. The molecule has 0 aromatic carbocycles. The van der Waals surface area contributed by atoms with E-state index in [1.54, 1.807) is 0 Å². The molecule has 0 aliphatic carbocycles. The molecule has 6 N–H and O–H groups in total. The van der Waals surface area contributed by atoms with Crippen LogP contribution in [0.4, 0.5) is 28.2 Å². The average molecular weight is 292 g/mol. The maximum absolute atomic E-state index is 8.19. The van der Waals surface area contributed by atoms with Crippen molar-refractivity contribution in [2.75, 3.05) is 0 Å². The van der Waals surface area contributed by atoms with E-state index in [1.807, 2.05) is 0 Å². The van der Waals surface area contributed by atoms with Gasteiger partial charge in [-0.1, -0.05) is 0 Å². The second kappa shape index (κ2) is 16400. The quantitative estimate of drug-likeness (QED) is 0.415. The zero-order chi connectivity index (χ0) is 4.00. The molecule has 86 valence electrons. The summed E-state index contributed by atoms with van der Waals surface area (Å²) < 4.78 is 16.4. The van der Waals surface area contributed by atoms with Crippen molar-refractivity contribution in [3.63, 3.8) is 0 Å². The molecule has 12 heteroatoms. The summed E-state index contributed by atoms with van der Waals surface area (Å²) >= 11 is 2.12. The van der Waals surface area contributed by atoms with Crippen LogP contribution in [0, 0.1) is 0 Å². The van der Waals surface area contributed by atoms with E-state index in [0.717, 1.165) is 34.7 Å². The molecule has 0 fully saturated rings. The van der Waals surface area contributed by atoms with Crippen LogP contribution < -0.4 is 0 Å². The van der Waals surface area contributed by atoms with Crippen LogP contribution in [0.3, 0.4) is 0 Å². The molecule has 4 nitrogen and oxygen atoms in total. The van der Waals surface area contributed by atoms with Crippen molar-refractivity contribution < 1.29 is 81.3 Å². The zero-order valence-corrected chi connectivity index (χ0v) is 8.11. The van der Waals surface area contributed by atoms with Crippen LogP contribution in [0.5, 0.6) is 0 Å². The van der Waals surface area contributed by atoms with Crippen LogP contribution in [0.2, 0.25) is 0 Å². The van der Waals surface area contributed by atoms with Gasteiger partial charge in [0, 0.05) is 0 Å². The Kier molecular flexibility index (Phi) is 415000. The molecule has 0 heterocycles. The predicted molar refractivity (Wildman–Crippen MR) is 26.1 cm³/mol. The van der Waals surface area contributed by atoms with E-state index in [2.05, 4.69) is 0 Å². The van der Waals surface area contributed by atoms with Gasteiger partial charge in [-0.2, -0.15) is 0 Å². The van der Waals surface area contributed by atoms with Gasteiger partial charge in [-0.15, -0.1) is 0 Å². The molecule has 0 saturated carbocycles. The molecule has 0 radical (unpaired) electrons. The van der Waals surface area contributed by atoms with Crippen molar-refractivity contribution in [3.05, 3.63) is 0 Å². The molecule has 0 saturated heterocycles. The molecule has 0 unspecified atom stereocenters. The molecule has 0 amide bonds. The van der Waals surface area contributed by atoms with E-state index in [-0.39, 0.29) is 39.2 Å². The fourth-order valence-corrected chi connectivity index (χ4v) is 0. The first-order chi connectivity index (χ1) is 2.00. The van der Waals surface area contributed by atoms with Crippen LogP contribution in [0.1, 0.15) is 0 Å². The first kappa shape index (κ1) is 303. The van der Waals surface area contributed by atoms with Crippen molar-refractivity contribution in [1.29, 1.82) is 0 Å². The van der Waals surface area contributed by atoms with Crippen molar-refractivity contribution in [2.24, 2.45) is 0 Å². The molecule has 0 aromatic rings. The summed E-state index contributed by atoms with van der Waals surface area (Å²) in [4.78, 5) is 0. The van der Waals surface area contributed by atoms with Gasteiger partial charge in [-0.25, -0.2) is 0 Å². The number of hydrogen-bond acceptors (Lipinski definition) is 2. The Labute approximate surface area is 81.7 Å². The summed E-state index contributed by atoms with van der Waals surface area (Å²) in [6.45, 7) is 0. The van der Waals surface area contributed by atoms with Crippen LogP contribution in [0.15, 0.2) is 0 Å². The molecule has 0 aliphatic rings. The Morgan fingerprint density at radius 1 is 0.417 bits per heavy atom. The standard InChI is InChI=1S/6FH.2H2O.2O.2V/h6*1H;2*1H2;;;;/p+2. The number of rotatable bonds is 0. The fraction of sp³-hybridized carbons (Fsp3) is 0. The summed E-state index contributed by atoms with van der Waals surface area (Å²) in [7, 11) is 0. The molecule has 0 atom stereocenters. The Balaban J connectivity index is -0.000000000500. The van der Waals surface area contributed by atoms with Crippen molar-refractivity contribution >= 4 is 0 Å². The van der Waals surface area contributed by atoms with Crippen LogP contribution >= 0.6 is 0 Å². The molecular formula is H12F6O4V2+2. The second-order valence-corrected chi connectivity index (χ2v) is 0. The summed E-state index contributed by atoms with van der Waals surface area (Å²) in [5.74, 6) is 0. The van der Waals surface area contributed by atoms with E-state index >= 15 is 0 Å². The Morgan fingerprint density at radius 2 is 0.417 bits per heavy atom. The molecular weight excluding hydrogens is 280 g/mol. The molecule has 0 bridgehead atoms. The molecule has 0 aromatic heterocycles. The first-order valence-electron chi connectivity index (χ1n) is 0.365. The number of halogens is 6. The molecule has 0 aliphatic heterocycles. The van der Waals surface area contributed by atoms with Crippen molar-refractivity contribution in [3.8, 4) is 0 Å². The van der Waals surface area contributed by atoms with Gasteiger partial charge in [-0.05, 0) is 0 Å². The van der Waals surface area contributed by atoms with Crippen molar-refractivity contribution in [2.45, 2.75) is 0 Å². The normalized spacial score (nSPS) is 0.500. The van der Waals surface area contributed by atoms with Gasteiger partial charge >= 0.3 is 42.1 Å². The molecule has 12 heavy (non-hydrogen) atoms. The summed E-state index contributed by atoms with van der Waals surface area (Å²) in [6.07, 6.45) is 0. The maximum atomic E-state index is 8.19. The monoisotopic (exact) mass is 292 g/mol. The van der Waals surface area contributed by atoms with Crippen LogP contribution in [-0.4, -0.2) is 0 Å². The van der Waals surface area contributed by atoms with E-state index in [4.69, 9.17) is 7.35 Å². The van der Waals surface area contributed by atoms with Gasteiger partial charge in [0.05, 0.1) is 0 Å². The second-order valence-electron chi connectivity index (χ2n) is 0. The third-order valence-electron chi connectivity index (χ3n) is 0. The Morgan fingerprint density at radius 3 is 0.417 bits per heavy atom. The Bertz CT molecular complexity index is 19.5.